The Balaban J connectivity index is 1.75. The Kier molecular flexibility index (Phi) is 5.11. The van der Waals surface area contributed by atoms with Crippen LogP contribution in [0.25, 0.3) is 10.4 Å². The highest BCUT2D eigenvalue weighted by Crippen LogP contribution is 2.34. The third-order valence-corrected chi connectivity index (χ3v) is 4.87. The topological polar surface area (TPSA) is 21.3 Å². The fraction of sp³-hybridized carbons (Fsp3) is 0.200. The van der Waals surface area contributed by atoms with Crippen molar-refractivity contribution in [1.29, 1.82) is 0 Å². The molecule has 1 N–H and O–H groups in total. The van der Waals surface area contributed by atoms with Crippen molar-refractivity contribution in [3.63, 3.8) is 0 Å². The molecule has 0 aliphatic heterocycles. The van der Waals surface area contributed by atoms with E-state index in [1.54, 1.807) is 18.4 Å². The third-order valence-electron chi connectivity index (χ3n) is 3.96. The molecule has 2 nitrogen and oxygen atoms in total. The van der Waals surface area contributed by atoms with Crippen molar-refractivity contribution in [1.82, 2.24) is 5.32 Å². The van der Waals surface area contributed by atoms with Crippen LogP contribution >= 0.6 is 11.3 Å². The van der Waals surface area contributed by atoms with Crippen LogP contribution in [0, 0.1) is 0 Å². The third kappa shape index (κ3) is 3.81. The number of methoxy groups -OCH3 is 1. The molecule has 2 aromatic carbocycles. The SMILES string of the molecule is COc1ccc(CNC(C)c2ccccc2)cc1-c1cccs1. The van der Waals surface area contributed by atoms with E-state index < -0.39 is 0 Å². The second-order valence-corrected chi connectivity index (χ2v) is 6.47. The van der Waals surface area contributed by atoms with Crippen LogP contribution in [-0.2, 0) is 6.54 Å². The zero-order chi connectivity index (χ0) is 16.1. The van der Waals surface area contributed by atoms with Gasteiger partial charge in [0.05, 0.1) is 7.11 Å². The van der Waals surface area contributed by atoms with Crippen molar-refractivity contribution in [3.05, 3.63) is 77.2 Å². The van der Waals surface area contributed by atoms with Gasteiger partial charge in [-0.2, -0.15) is 0 Å². The van der Waals surface area contributed by atoms with Crippen LogP contribution in [0.15, 0.2) is 66.0 Å². The van der Waals surface area contributed by atoms with E-state index in [1.807, 2.05) is 6.07 Å². The number of nitrogens with one attached hydrogen (secondary N) is 1. The summed E-state index contributed by atoms with van der Waals surface area (Å²) in [5, 5.41) is 5.68. The van der Waals surface area contributed by atoms with Gasteiger partial charge in [-0.15, -0.1) is 11.3 Å². The molecule has 0 aliphatic carbocycles. The fourth-order valence-corrected chi connectivity index (χ4v) is 3.37. The molecule has 0 aliphatic rings. The van der Waals surface area contributed by atoms with Gasteiger partial charge < -0.3 is 10.1 Å². The molecule has 1 aromatic heterocycles. The average Bonchev–Trinajstić information content (AvgIpc) is 3.14. The van der Waals surface area contributed by atoms with Gasteiger partial charge in [0.25, 0.3) is 0 Å². The van der Waals surface area contributed by atoms with Gasteiger partial charge in [0.1, 0.15) is 5.75 Å². The highest BCUT2D eigenvalue weighted by atomic mass is 32.1. The second-order valence-electron chi connectivity index (χ2n) is 5.53. The minimum Gasteiger partial charge on any atom is -0.496 e. The molecule has 1 atom stereocenters. The molecular formula is C20H21NOS. The van der Waals surface area contributed by atoms with Gasteiger partial charge in [0, 0.05) is 23.0 Å². The van der Waals surface area contributed by atoms with E-state index in [0.717, 1.165) is 17.9 Å². The monoisotopic (exact) mass is 323 g/mol. The number of thiophene rings is 1. The Bertz CT molecular complexity index is 738. The summed E-state index contributed by atoms with van der Waals surface area (Å²) < 4.78 is 5.51. The summed E-state index contributed by atoms with van der Waals surface area (Å²) in [6, 6.07) is 21.4. The molecule has 0 saturated heterocycles. The number of ether oxygens (including phenoxy) is 1. The van der Waals surface area contributed by atoms with E-state index >= 15 is 0 Å². The highest BCUT2D eigenvalue weighted by Gasteiger charge is 2.09. The summed E-state index contributed by atoms with van der Waals surface area (Å²) in [5.41, 5.74) is 3.73. The molecule has 0 bridgehead atoms. The number of benzene rings is 2. The molecule has 0 spiro atoms. The lowest BCUT2D eigenvalue weighted by molar-refractivity contribution is 0.416. The van der Waals surface area contributed by atoms with Crippen LogP contribution in [0.3, 0.4) is 0 Å². The summed E-state index contributed by atoms with van der Waals surface area (Å²) in [7, 11) is 1.72. The Labute approximate surface area is 141 Å². The van der Waals surface area contributed by atoms with Gasteiger partial charge in [-0.05, 0) is 41.6 Å². The first-order valence-corrected chi connectivity index (χ1v) is 8.65. The summed E-state index contributed by atoms with van der Waals surface area (Å²) in [5.74, 6) is 0.923. The maximum Gasteiger partial charge on any atom is 0.127 e. The summed E-state index contributed by atoms with van der Waals surface area (Å²) in [6.45, 7) is 3.03. The highest BCUT2D eigenvalue weighted by molar-refractivity contribution is 7.13. The largest absolute Gasteiger partial charge is 0.496 e. The van der Waals surface area contributed by atoms with Crippen LogP contribution in [0.4, 0.5) is 0 Å². The van der Waals surface area contributed by atoms with Gasteiger partial charge >= 0.3 is 0 Å². The lowest BCUT2D eigenvalue weighted by atomic mass is 10.1. The van der Waals surface area contributed by atoms with Gasteiger partial charge in [0.2, 0.25) is 0 Å². The maximum absolute atomic E-state index is 5.51. The molecule has 1 unspecified atom stereocenters. The van der Waals surface area contributed by atoms with Crippen molar-refractivity contribution in [2.45, 2.75) is 19.5 Å². The summed E-state index contributed by atoms with van der Waals surface area (Å²) in [6.07, 6.45) is 0. The first-order valence-electron chi connectivity index (χ1n) is 7.77. The molecule has 118 valence electrons. The summed E-state index contributed by atoms with van der Waals surface area (Å²) in [4.78, 5) is 1.24. The van der Waals surface area contributed by atoms with Crippen LogP contribution in [-0.4, -0.2) is 7.11 Å². The van der Waals surface area contributed by atoms with E-state index in [0.29, 0.717) is 6.04 Å². The van der Waals surface area contributed by atoms with E-state index in [4.69, 9.17) is 4.74 Å². The maximum atomic E-state index is 5.51. The molecule has 1 heterocycles. The minimum absolute atomic E-state index is 0.323. The lowest BCUT2D eigenvalue weighted by Gasteiger charge is -2.15. The van der Waals surface area contributed by atoms with Gasteiger partial charge in [0.15, 0.2) is 0 Å². The number of hydrogen-bond donors (Lipinski definition) is 1. The number of hydrogen-bond acceptors (Lipinski definition) is 3. The molecule has 0 saturated carbocycles. The standard InChI is InChI=1S/C20H21NOS/c1-15(17-7-4-3-5-8-17)21-14-16-10-11-19(22-2)18(13-16)20-9-6-12-23-20/h3-13,15,21H,14H2,1-2H3. The molecule has 3 rings (SSSR count). The Morgan fingerprint density at radius 3 is 2.57 bits per heavy atom. The Morgan fingerprint density at radius 2 is 1.87 bits per heavy atom. The van der Waals surface area contributed by atoms with Gasteiger partial charge in [-0.25, -0.2) is 0 Å². The number of rotatable bonds is 6. The first-order chi connectivity index (χ1) is 11.3. The normalized spacial score (nSPS) is 12.1. The minimum atomic E-state index is 0.323. The van der Waals surface area contributed by atoms with Crippen LogP contribution in [0.1, 0.15) is 24.1 Å². The molecule has 0 radical (unpaired) electrons. The molecule has 3 heteroatoms. The molecule has 3 aromatic rings. The lowest BCUT2D eigenvalue weighted by Crippen LogP contribution is -2.18. The van der Waals surface area contributed by atoms with Gasteiger partial charge in [-0.1, -0.05) is 42.5 Å². The molecule has 0 amide bonds. The van der Waals surface area contributed by atoms with Crippen molar-refractivity contribution in [3.8, 4) is 16.2 Å². The van der Waals surface area contributed by atoms with Gasteiger partial charge in [-0.3, -0.25) is 0 Å². The molecule has 23 heavy (non-hydrogen) atoms. The van der Waals surface area contributed by atoms with Crippen LogP contribution in [0.5, 0.6) is 5.75 Å². The van der Waals surface area contributed by atoms with Crippen molar-refractivity contribution in [2.75, 3.05) is 7.11 Å². The fourth-order valence-electron chi connectivity index (χ4n) is 2.62. The Hall–Kier alpha value is -2.10. The predicted molar refractivity (Wildman–Crippen MR) is 98.0 cm³/mol. The van der Waals surface area contributed by atoms with Crippen molar-refractivity contribution in [2.24, 2.45) is 0 Å². The molecule has 0 fully saturated rings. The zero-order valence-electron chi connectivity index (χ0n) is 13.5. The zero-order valence-corrected chi connectivity index (χ0v) is 14.3. The van der Waals surface area contributed by atoms with E-state index in [9.17, 15) is 0 Å². The second kappa shape index (κ2) is 7.44. The van der Waals surface area contributed by atoms with Crippen molar-refractivity contribution >= 4 is 11.3 Å². The quantitative estimate of drug-likeness (QED) is 0.667. The van der Waals surface area contributed by atoms with Crippen molar-refractivity contribution < 1.29 is 4.74 Å². The summed E-state index contributed by atoms with van der Waals surface area (Å²) >= 11 is 1.74. The van der Waals surface area contributed by atoms with E-state index in [-0.39, 0.29) is 0 Å². The van der Waals surface area contributed by atoms with E-state index in [1.165, 1.54) is 16.0 Å². The average molecular weight is 323 g/mol. The Morgan fingerprint density at radius 1 is 1.04 bits per heavy atom. The van der Waals surface area contributed by atoms with Crippen LogP contribution < -0.4 is 10.1 Å². The first kappa shape index (κ1) is 15.8. The molecular weight excluding hydrogens is 302 g/mol. The van der Waals surface area contributed by atoms with E-state index in [2.05, 4.69) is 72.2 Å². The predicted octanol–water partition coefficient (Wildman–Crippen LogP) is 5.27. The smallest absolute Gasteiger partial charge is 0.127 e. The van der Waals surface area contributed by atoms with Crippen LogP contribution in [0.2, 0.25) is 0 Å².